The van der Waals surface area contributed by atoms with Crippen LogP contribution in [0.5, 0.6) is 0 Å². The van der Waals surface area contributed by atoms with Gasteiger partial charge in [0.1, 0.15) is 6.54 Å². The van der Waals surface area contributed by atoms with Crippen LogP contribution < -0.4 is 16.0 Å². The number of hydrogen-bond donors (Lipinski definition) is 3. The van der Waals surface area contributed by atoms with Crippen LogP contribution in [-0.2, 0) is 14.4 Å². The molecule has 0 atom stereocenters. The largest absolute Gasteiger partial charge is 0.355 e. The van der Waals surface area contributed by atoms with Crippen molar-refractivity contribution < 1.29 is 14.4 Å². The summed E-state index contributed by atoms with van der Waals surface area (Å²) in [5.41, 5.74) is 0. The van der Waals surface area contributed by atoms with Gasteiger partial charge in [0.15, 0.2) is 0 Å². The minimum Gasteiger partial charge on any atom is -0.355 e. The fraction of sp³-hybridized carbons (Fsp3) is 0.500. The van der Waals surface area contributed by atoms with Gasteiger partial charge in [0.2, 0.25) is 5.91 Å². The Balaban J connectivity index is 3.61. The summed E-state index contributed by atoms with van der Waals surface area (Å²) in [6.07, 6.45) is 0. The number of carbonyl (C=O) groups is 3. The molecule has 15 heavy (non-hydrogen) atoms. The van der Waals surface area contributed by atoms with Gasteiger partial charge in [-0.1, -0.05) is 0 Å². The third kappa shape index (κ3) is 7.01. The highest BCUT2D eigenvalue weighted by atomic mass is 16.2. The molecule has 7 heteroatoms. The number of nitrogens with one attached hydrogen (secondary N) is 3. The van der Waals surface area contributed by atoms with Crippen molar-refractivity contribution in [2.24, 2.45) is 0 Å². The van der Waals surface area contributed by atoms with E-state index in [1.807, 2.05) is 0 Å². The number of rotatable bonds is 4. The zero-order valence-corrected chi connectivity index (χ0v) is 8.29. The second-order valence-corrected chi connectivity index (χ2v) is 2.58. The van der Waals surface area contributed by atoms with Gasteiger partial charge in [0.25, 0.3) is 0 Å². The molecule has 0 bridgehead atoms. The minimum atomic E-state index is -0.862. The van der Waals surface area contributed by atoms with Crippen LogP contribution in [-0.4, -0.2) is 37.4 Å². The molecule has 0 heterocycles. The summed E-state index contributed by atoms with van der Waals surface area (Å²) >= 11 is 0. The predicted octanol–water partition coefficient (Wildman–Crippen LogP) is -2.12. The SMILES string of the molecule is CC(=O)NCCNC(=O)C(=O)NCC#N. The lowest BCUT2D eigenvalue weighted by Crippen LogP contribution is -2.42. The maximum atomic E-state index is 10.9. The molecule has 0 aromatic carbocycles. The van der Waals surface area contributed by atoms with Crippen molar-refractivity contribution in [3.63, 3.8) is 0 Å². The number of nitriles is 1. The molecule has 0 rings (SSSR count). The predicted molar refractivity (Wildman–Crippen MR) is 50.3 cm³/mol. The molecule has 7 nitrogen and oxygen atoms in total. The highest BCUT2D eigenvalue weighted by Gasteiger charge is 2.10. The molecule has 0 fully saturated rings. The zero-order chi connectivity index (χ0) is 11.7. The smallest absolute Gasteiger partial charge is 0.310 e. The van der Waals surface area contributed by atoms with Gasteiger partial charge in [0, 0.05) is 20.0 Å². The lowest BCUT2D eigenvalue weighted by atomic mass is 10.5. The van der Waals surface area contributed by atoms with Crippen molar-refractivity contribution in [3.8, 4) is 6.07 Å². The van der Waals surface area contributed by atoms with Gasteiger partial charge in [0.05, 0.1) is 6.07 Å². The molecular weight excluding hydrogens is 200 g/mol. The molecule has 0 radical (unpaired) electrons. The van der Waals surface area contributed by atoms with Crippen LogP contribution in [0, 0.1) is 11.3 Å². The third-order valence-electron chi connectivity index (χ3n) is 1.32. The summed E-state index contributed by atoms with van der Waals surface area (Å²) < 4.78 is 0. The van der Waals surface area contributed by atoms with Crippen LogP contribution >= 0.6 is 0 Å². The molecule has 0 aliphatic rings. The Labute approximate surface area is 86.8 Å². The van der Waals surface area contributed by atoms with E-state index >= 15 is 0 Å². The molecule has 3 N–H and O–H groups in total. The molecule has 0 aliphatic heterocycles. The molecule has 0 saturated heterocycles. The van der Waals surface area contributed by atoms with Crippen molar-refractivity contribution in [2.45, 2.75) is 6.92 Å². The molecule has 0 aliphatic carbocycles. The highest BCUT2D eigenvalue weighted by Crippen LogP contribution is 1.68. The van der Waals surface area contributed by atoms with Crippen LogP contribution in [0.4, 0.5) is 0 Å². The molecule has 3 amide bonds. The van der Waals surface area contributed by atoms with E-state index in [2.05, 4.69) is 16.0 Å². The first-order valence-electron chi connectivity index (χ1n) is 4.25. The van der Waals surface area contributed by atoms with Crippen LogP contribution in [0.2, 0.25) is 0 Å². The molecule has 0 saturated carbocycles. The first-order valence-corrected chi connectivity index (χ1v) is 4.25. The van der Waals surface area contributed by atoms with E-state index in [0.717, 1.165) is 0 Å². The first-order chi connectivity index (χ1) is 7.07. The molecule has 0 aromatic heterocycles. The van der Waals surface area contributed by atoms with E-state index in [-0.39, 0.29) is 25.5 Å². The van der Waals surface area contributed by atoms with Crippen molar-refractivity contribution in [3.05, 3.63) is 0 Å². The van der Waals surface area contributed by atoms with Crippen molar-refractivity contribution in [1.29, 1.82) is 5.26 Å². The summed E-state index contributed by atoms with van der Waals surface area (Å²) in [7, 11) is 0. The van der Waals surface area contributed by atoms with E-state index in [1.54, 1.807) is 6.07 Å². The third-order valence-corrected chi connectivity index (χ3v) is 1.32. The standard InChI is InChI=1S/C8H12N4O3/c1-6(13)10-4-5-12-8(15)7(14)11-3-2-9/h3-5H2,1H3,(H,10,13)(H,11,14)(H,12,15). The summed E-state index contributed by atoms with van der Waals surface area (Å²) in [4.78, 5) is 32.2. The summed E-state index contributed by atoms with van der Waals surface area (Å²) in [5, 5.41) is 14.9. The normalized spacial score (nSPS) is 8.53. The monoisotopic (exact) mass is 212 g/mol. The minimum absolute atomic E-state index is 0.165. The second-order valence-electron chi connectivity index (χ2n) is 2.58. The molecule has 82 valence electrons. The van der Waals surface area contributed by atoms with Gasteiger partial charge in [-0.05, 0) is 0 Å². The number of carbonyl (C=O) groups excluding carboxylic acids is 3. The quantitative estimate of drug-likeness (QED) is 0.281. The maximum absolute atomic E-state index is 10.9. The van der Waals surface area contributed by atoms with Crippen LogP contribution in [0.3, 0.4) is 0 Å². The second kappa shape index (κ2) is 7.32. The van der Waals surface area contributed by atoms with Crippen molar-refractivity contribution >= 4 is 17.7 Å². The molecule has 0 aromatic rings. The number of amides is 3. The topological polar surface area (TPSA) is 111 Å². The Morgan fingerprint density at radius 2 is 1.60 bits per heavy atom. The van der Waals surface area contributed by atoms with Crippen LogP contribution in [0.15, 0.2) is 0 Å². The Morgan fingerprint density at radius 3 is 2.13 bits per heavy atom. The van der Waals surface area contributed by atoms with E-state index in [9.17, 15) is 14.4 Å². The molecule has 0 unspecified atom stereocenters. The summed E-state index contributed by atoms with van der Waals surface area (Å²) in [6.45, 7) is 1.56. The average molecular weight is 212 g/mol. The van der Waals surface area contributed by atoms with E-state index in [0.29, 0.717) is 0 Å². The Bertz CT molecular complexity index is 295. The maximum Gasteiger partial charge on any atom is 0.310 e. The lowest BCUT2D eigenvalue weighted by Gasteiger charge is -2.04. The average Bonchev–Trinajstić information content (AvgIpc) is 2.20. The van der Waals surface area contributed by atoms with E-state index in [1.165, 1.54) is 6.92 Å². The van der Waals surface area contributed by atoms with Gasteiger partial charge in [-0.25, -0.2) is 0 Å². The summed E-state index contributed by atoms with van der Waals surface area (Å²) in [5.74, 6) is -1.90. The zero-order valence-electron chi connectivity index (χ0n) is 8.29. The molecule has 0 spiro atoms. The highest BCUT2D eigenvalue weighted by molar-refractivity contribution is 6.35. The van der Waals surface area contributed by atoms with E-state index < -0.39 is 11.8 Å². The van der Waals surface area contributed by atoms with Gasteiger partial charge in [-0.3, -0.25) is 14.4 Å². The van der Waals surface area contributed by atoms with Gasteiger partial charge < -0.3 is 16.0 Å². The Kier molecular flexibility index (Phi) is 6.29. The molecular formula is C8H12N4O3. The van der Waals surface area contributed by atoms with Gasteiger partial charge in [-0.15, -0.1) is 0 Å². The van der Waals surface area contributed by atoms with Gasteiger partial charge in [-0.2, -0.15) is 5.26 Å². The number of hydrogen-bond acceptors (Lipinski definition) is 4. The fourth-order valence-corrected chi connectivity index (χ4v) is 0.695. The number of nitrogens with zero attached hydrogens (tertiary/aromatic N) is 1. The van der Waals surface area contributed by atoms with Gasteiger partial charge >= 0.3 is 11.8 Å². The van der Waals surface area contributed by atoms with Crippen LogP contribution in [0.25, 0.3) is 0 Å². The Hall–Kier alpha value is -2.10. The summed E-state index contributed by atoms with van der Waals surface area (Å²) in [6, 6.07) is 1.67. The first kappa shape index (κ1) is 12.9. The lowest BCUT2D eigenvalue weighted by molar-refractivity contribution is -0.139. The Morgan fingerprint density at radius 1 is 1.07 bits per heavy atom. The van der Waals surface area contributed by atoms with Crippen LogP contribution in [0.1, 0.15) is 6.92 Å². The van der Waals surface area contributed by atoms with Crippen molar-refractivity contribution in [1.82, 2.24) is 16.0 Å². The van der Waals surface area contributed by atoms with E-state index in [4.69, 9.17) is 5.26 Å². The fourth-order valence-electron chi connectivity index (χ4n) is 0.695. The van der Waals surface area contributed by atoms with Crippen molar-refractivity contribution in [2.75, 3.05) is 19.6 Å².